The van der Waals surface area contributed by atoms with Gasteiger partial charge < -0.3 is 4.74 Å². The number of fused-ring (bicyclic) bond motifs is 1. The van der Waals surface area contributed by atoms with Gasteiger partial charge in [-0.1, -0.05) is 12.2 Å². The Balaban J connectivity index is 2.24. The summed E-state index contributed by atoms with van der Waals surface area (Å²) in [5.41, 5.74) is 2.01. The van der Waals surface area contributed by atoms with E-state index in [1.54, 1.807) is 7.11 Å². The summed E-state index contributed by atoms with van der Waals surface area (Å²) in [6.07, 6.45) is 6.87. The highest BCUT2D eigenvalue weighted by Gasteiger charge is 2.26. The smallest absolute Gasteiger partial charge is 0.166 e. The molecule has 1 aromatic rings. The second-order valence-corrected chi connectivity index (χ2v) is 4.43. The van der Waals surface area contributed by atoms with E-state index in [2.05, 4.69) is 6.08 Å². The Hall–Kier alpha value is -1.57. The number of hydrogen-bond acceptors (Lipinski definition) is 2. The molecule has 0 heterocycles. The quantitative estimate of drug-likeness (QED) is 0.744. The minimum Gasteiger partial charge on any atom is -0.497 e. The summed E-state index contributed by atoms with van der Waals surface area (Å²) in [5.74, 6) is 1.28. The Kier molecular flexibility index (Phi) is 3.62. The Bertz CT molecular complexity index is 446. The number of allylic oxidation sites excluding steroid dienone is 2. The van der Waals surface area contributed by atoms with Crippen molar-refractivity contribution in [2.45, 2.75) is 26.2 Å². The van der Waals surface area contributed by atoms with Crippen LogP contribution in [0.15, 0.2) is 30.4 Å². The highest BCUT2D eigenvalue weighted by Crippen LogP contribution is 2.30. The Labute approximate surface area is 102 Å². The molecule has 0 saturated carbocycles. The Morgan fingerprint density at radius 1 is 1.47 bits per heavy atom. The van der Waals surface area contributed by atoms with Gasteiger partial charge >= 0.3 is 0 Å². The van der Waals surface area contributed by atoms with E-state index in [1.807, 2.05) is 31.2 Å². The zero-order chi connectivity index (χ0) is 12.3. The van der Waals surface area contributed by atoms with Crippen LogP contribution in [-0.2, 0) is 6.42 Å². The predicted octanol–water partition coefficient (Wildman–Crippen LogP) is 3.41. The van der Waals surface area contributed by atoms with Crippen molar-refractivity contribution in [1.29, 1.82) is 0 Å². The number of hydrogen-bond donors (Lipinski definition) is 0. The Morgan fingerprint density at radius 3 is 3.00 bits per heavy atom. The maximum atomic E-state index is 12.2. The zero-order valence-corrected chi connectivity index (χ0v) is 10.4. The van der Waals surface area contributed by atoms with Crippen LogP contribution in [0.4, 0.5) is 0 Å². The molecule has 0 spiro atoms. The van der Waals surface area contributed by atoms with E-state index in [0.717, 1.165) is 36.1 Å². The standard InChI is InChI=1S/C15H18O2/c1-3-4-5-11-6-7-12-10-13(17-2)8-9-14(12)15(11)16/h3-4,8-11H,5-7H2,1-2H3. The fourth-order valence-corrected chi connectivity index (χ4v) is 2.35. The second-order valence-electron chi connectivity index (χ2n) is 4.43. The molecule has 0 saturated heterocycles. The molecule has 1 aromatic carbocycles. The summed E-state index contributed by atoms with van der Waals surface area (Å²) < 4.78 is 5.18. The number of methoxy groups -OCH3 is 1. The lowest BCUT2D eigenvalue weighted by atomic mass is 9.81. The number of ether oxygens (including phenoxy) is 1. The molecule has 2 rings (SSSR count). The van der Waals surface area contributed by atoms with Crippen LogP contribution in [0.5, 0.6) is 5.75 Å². The van der Waals surface area contributed by atoms with Crippen molar-refractivity contribution < 1.29 is 9.53 Å². The van der Waals surface area contributed by atoms with E-state index in [-0.39, 0.29) is 11.7 Å². The lowest BCUT2D eigenvalue weighted by Gasteiger charge is -2.22. The van der Waals surface area contributed by atoms with Gasteiger partial charge in [0.15, 0.2) is 5.78 Å². The molecule has 0 aliphatic heterocycles. The summed E-state index contributed by atoms with van der Waals surface area (Å²) in [6, 6.07) is 5.76. The zero-order valence-electron chi connectivity index (χ0n) is 10.4. The van der Waals surface area contributed by atoms with E-state index in [0.29, 0.717) is 0 Å². The van der Waals surface area contributed by atoms with Crippen molar-refractivity contribution >= 4 is 5.78 Å². The van der Waals surface area contributed by atoms with Gasteiger partial charge in [-0.15, -0.1) is 0 Å². The monoisotopic (exact) mass is 230 g/mol. The van der Waals surface area contributed by atoms with Crippen LogP contribution < -0.4 is 4.74 Å². The van der Waals surface area contributed by atoms with Gasteiger partial charge in [-0.3, -0.25) is 4.79 Å². The molecular weight excluding hydrogens is 212 g/mol. The van der Waals surface area contributed by atoms with Gasteiger partial charge in [0.25, 0.3) is 0 Å². The van der Waals surface area contributed by atoms with Gasteiger partial charge in [0, 0.05) is 11.5 Å². The minimum absolute atomic E-state index is 0.159. The van der Waals surface area contributed by atoms with E-state index in [9.17, 15) is 4.79 Å². The molecule has 0 fully saturated rings. The topological polar surface area (TPSA) is 26.3 Å². The first-order valence-electron chi connectivity index (χ1n) is 6.08. The molecule has 0 aromatic heterocycles. The highest BCUT2D eigenvalue weighted by atomic mass is 16.5. The van der Waals surface area contributed by atoms with Crippen LogP contribution >= 0.6 is 0 Å². The summed E-state index contributed by atoms with van der Waals surface area (Å²) in [7, 11) is 1.65. The van der Waals surface area contributed by atoms with Crippen molar-refractivity contribution in [2.24, 2.45) is 5.92 Å². The Morgan fingerprint density at radius 2 is 2.29 bits per heavy atom. The molecule has 0 radical (unpaired) electrons. The first kappa shape index (κ1) is 11.9. The molecule has 17 heavy (non-hydrogen) atoms. The fourth-order valence-electron chi connectivity index (χ4n) is 2.35. The van der Waals surface area contributed by atoms with E-state index >= 15 is 0 Å². The number of ketones is 1. The van der Waals surface area contributed by atoms with Crippen LogP contribution in [0.1, 0.15) is 35.7 Å². The van der Waals surface area contributed by atoms with Crippen LogP contribution in [0, 0.1) is 5.92 Å². The van der Waals surface area contributed by atoms with E-state index in [1.165, 1.54) is 0 Å². The summed E-state index contributed by atoms with van der Waals surface area (Å²) in [4.78, 5) is 12.2. The van der Waals surface area contributed by atoms with Crippen LogP contribution in [0.3, 0.4) is 0 Å². The lowest BCUT2D eigenvalue weighted by molar-refractivity contribution is 0.0903. The number of carbonyl (C=O) groups is 1. The molecule has 2 nitrogen and oxygen atoms in total. The summed E-state index contributed by atoms with van der Waals surface area (Å²) in [6.45, 7) is 1.99. The van der Waals surface area contributed by atoms with Gasteiger partial charge in [-0.2, -0.15) is 0 Å². The lowest BCUT2D eigenvalue weighted by Crippen LogP contribution is -2.22. The van der Waals surface area contributed by atoms with Crippen LogP contribution in [-0.4, -0.2) is 12.9 Å². The second kappa shape index (κ2) is 5.17. The molecule has 1 atom stereocenters. The average molecular weight is 230 g/mol. The molecule has 0 N–H and O–H groups in total. The number of Topliss-reactive ketones (excluding diaryl/α,β-unsaturated/α-hetero) is 1. The van der Waals surface area contributed by atoms with Gasteiger partial charge in [0.05, 0.1) is 7.11 Å². The predicted molar refractivity (Wildman–Crippen MR) is 68.6 cm³/mol. The third kappa shape index (κ3) is 2.41. The van der Waals surface area contributed by atoms with Crippen molar-refractivity contribution in [3.8, 4) is 5.75 Å². The SMILES string of the molecule is CC=CCC1CCc2cc(OC)ccc2C1=O. The largest absolute Gasteiger partial charge is 0.497 e. The van der Waals surface area contributed by atoms with Crippen molar-refractivity contribution in [3.63, 3.8) is 0 Å². The molecule has 1 unspecified atom stereocenters. The van der Waals surface area contributed by atoms with Crippen LogP contribution in [0.2, 0.25) is 0 Å². The molecule has 0 bridgehead atoms. The average Bonchev–Trinajstić information content (AvgIpc) is 2.37. The minimum atomic E-state index is 0.159. The molecular formula is C15H18O2. The third-order valence-corrected chi connectivity index (χ3v) is 3.37. The first-order valence-corrected chi connectivity index (χ1v) is 6.08. The molecule has 0 amide bonds. The third-order valence-electron chi connectivity index (χ3n) is 3.37. The number of aryl methyl sites for hydroxylation is 1. The van der Waals surface area contributed by atoms with E-state index in [4.69, 9.17) is 4.74 Å². The van der Waals surface area contributed by atoms with Gasteiger partial charge in [-0.25, -0.2) is 0 Å². The van der Waals surface area contributed by atoms with Crippen LogP contribution in [0.25, 0.3) is 0 Å². The normalized spacial score (nSPS) is 19.4. The van der Waals surface area contributed by atoms with Gasteiger partial charge in [-0.05, 0) is 49.9 Å². The molecule has 2 heteroatoms. The molecule has 1 aliphatic carbocycles. The van der Waals surface area contributed by atoms with Crippen molar-refractivity contribution in [2.75, 3.05) is 7.11 Å². The molecule has 90 valence electrons. The van der Waals surface area contributed by atoms with E-state index < -0.39 is 0 Å². The highest BCUT2D eigenvalue weighted by molar-refractivity contribution is 6.00. The first-order chi connectivity index (χ1) is 8.26. The number of carbonyl (C=O) groups excluding carboxylic acids is 1. The number of rotatable bonds is 3. The van der Waals surface area contributed by atoms with Crippen molar-refractivity contribution in [3.05, 3.63) is 41.5 Å². The molecule has 1 aliphatic rings. The number of benzene rings is 1. The summed E-state index contributed by atoms with van der Waals surface area (Å²) >= 11 is 0. The van der Waals surface area contributed by atoms with Gasteiger partial charge in [0.1, 0.15) is 5.75 Å². The maximum Gasteiger partial charge on any atom is 0.166 e. The van der Waals surface area contributed by atoms with Gasteiger partial charge in [0.2, 0.25) is 0 Å². The fraction of sp³-hybridized carbons (Fsp3) is 0.400. The van der Waals surface area contributed by atoms with Crippen molar-refractivity contribution in [1.82, 2.24) is 0 Å². The summed E-state index contributed by atoms with van der Waals surface area (Å²) in [5, 5.41) is 0. The maximum absolute atomic E-state index is 12.2.